The van der Waals surface area contributed by atoms with Crippen LogP contribution in [0.25, 0.3) is 0 Å². The summed E-state index contributed by atoms with van der Waals surface area (Å²) >= 11 is 0. The van der Waals surface area contributed by atoms with Crippen LogP contribution in [0.15, 0.2) is 18.2 Å². The second kappa shape index (κ2) is 7.17. The number of ether oxygens (including phenoxy) is 2. The van der Waals surface area contributed by atoms with Crippen molar-refractivity contribution in [3.05, 3.63) is 29.6 Å². The molecule has 0 saturated carbocycles. The number of piperidine rings is 1. The monoisotopic (exact) mass is 342 g/mol. The summed E-state index contributed by atoms with van der Waals surface area (Å²) in [6, 6.07) is 5.76. The summed E-state index contributed by atoms with van der Waals surface area (Å²) in [5.74, 6) is 3.66. The smallest absolute Gasteiger partial charge is 0.248 e. The molecule has 1 aliphatic heterocycles. The Balaban J connectivity index is 1.94. The fraction of sp³-hybridized carbons (Fsp3) is 0.474. The van der Waals surface area contributed by atoms with Crippen molar-refractivity contribution in [1.82, 2.24) is 9.97 Å². The third kappa shape index (κ3) is 3.78. The van der Waals surface area contributed by atoms with Gasteiger partial charge in [0.05, 0.1) is 7.11 Å². The minimum absolute atomic E-state index is 0.378. The molecule has 1 aliphatic rings. The van der Waals surface area contributed by atoms with Crippen molar-refractivity contribution in [1.29, 1.82) is 0 Å². The standard InChI is InChI=1S/C19H26N4O2/c1-12-7-8-15(16(10-12)24-4)25-19-17(20)18(21-14(3)22-19)23-9-5-6-13(2)11-23/h7-8,10,13H,5-6,9,11,20H2,1-4H3/t13-/m0/s1. The van der Waals surface area contributed by atoms with E-state index in [4.69, 9.17) is 15.2 Å². The molecule has 2 heterocycles. The van der Waals surface area contributed by atoms with Crippen molar-refractivity contribution in [3.63, 3.8) is 0 Å². The van der Waals surface area contributed by atoms with Crippen molar-refractivity contribution in [3.8, 4) is 17.4 Å². The van der Waals surface area contributed by atoms with Gasteiger partial charge in [0.2, 0.25) is 5.88 Å². The third-order valence-electron chi connectivity index (χ3n) is 4.48. The Morgan fingerprint density at radius 3 is 2.72 bits per heavy atom. The zero-order chi connectivity index (χ0) is 18.0. The predicted octanol–water partition coefficient (Wildman–Crippen LogP) is 3.71. The van der Waals surface area contributed by atoms with Crippen LogP contribution in [0.5, 0.6) is 17.4 Å². The summed E-state index contributed by atoms with van der Waals surface area (Å²) in [4.78, 5) is 11.2. The molecule has 3 rings (SSSR count). The van der Waals surface area contributed by atoms with Crippen LogP contribution in [0.1, 0.15) is 31.2 Å². The lowest BCUT2D eigenvalue weighted by atomic mass is 10.0. The van der Waals surface area contributed by atoms with E-state index in [1.54, 1.807) is 7.11 Å². The van der Waals surface area contributed by atoms with E-state index in [9.17, 15) is 0 Å². The Kier molecular flexibility index (Phi) is 4.97. The van der Waals surface area contributed by atoms with Crippen LogP contribution in [-0.4, -0.2) is 30.2 Å². The molecule has 0 unspecified atom stereocenters. The van der Waals surface area contributed by atoms with Crippen molar-refractivity contribution in [2.45, 2.75) is 33.6 Å². The molecule has 25 heavy (non-hydrogen) atoms. The van der Waals surface area contributed by atoms with Gasteiger partial charge < -0.3 is 20.1 Å². The SMILES string of the molecule is COc1cc(C)ccc1Oc1nc(C)nc(N2CCC[C@H](C)C2)c1N. The molecule has 0 spiro atoms. The molecule has 1 aromatic carbocycles. The number of rotatable bonds is 4. The Morgan fingerprint density at radius 1 is 1.20 bits per heavy atom. The molecular weight excluding hydrogens is 316 g/mol. The van der Waals surface area contributed by atoms with Gasteiger partial charge in [-0.25, -0.2) is 4.98 Å². The molecule has 1 saturated heterocycles. The lowest BCUT2D eigenvalue weighted by molar-refractivity contribution is 0.373. The van der Waals surface area contributed by atoms with Gasteiger partial charge in [-0.1, -0.05) is 13.0 Å². The van der Waals surface area contributed by atoms with Gasteiger partial charge in [0.25, 0.3) is 0 Å². The van der Waals surface area contributed by atoms with Crippen LogP contribution >= 0.6 is 0 Å². The van der Waals surface area contributed by atoms with Crippen LogP contribution in [-0.2, 0) is 0 Å². The minimum Gasteiger partial charge on any atom is -0.493 e. The highest BCUT2D eigenvalue weighted by Gasteiger charge is 2.23. The first kappa shape index (κ1) is 17.3. The summed E-state index contributed by atoms with van der Waals surface area (Å²) in [5.41, 5.74) is 7.94. The molecule has 1 fully saturated rings. The van der Waals surface area contributed by atoms with Gasteiger partial charge in [-0.2, -0.15) is 4.98 Å². The van der Waals surface area contributed by atoms with E-state index in [1.807, 2.05) is 32.0 Å². The number of aromatic nitrogens is 2. The van der Waals surface area contributed by atoms with Crippen molar-refractivity contribution >= 4 is 11.5 Å². The lowest BCUT2D eigenvalue weighted by Crippen LogP contribution is -2.35. The maximum atomic E-state index is 6.37. The Bertz CT molecular complexity index is 763. The maximum Gasteiger partial charge on any atom is 0.248 e. The molecule has 1 atom stereocenters. The number of nitrogens with zero attached hydrogens (tertiary/aromatic N) is 3. The quantitative estimate of drug-likeness (QED) is 0.913. The molecule has 6 nitrogen and oxygen atoms in total. The first-order valence-electron chi connectivity index (χ1n) is 8.69. The molecule has 1 aromatic heterocycles. The number of aryl methyl sites for hydroxylation is 2. The Labute approximate surface area is 149 Å². The summed E-state index contributed by atoms with van der Waals surface area (Å²) in [6.07, 6.45) is 2.38. The summed E-state index contributed by atoms with van der Waals surface area (Å²) in [5, 5.41) is 0. The van der Waals surface area contributed by atoms with Crippen LogP contribution in [0.2, 0.25) is 0 Å². The third-order valence-corrected chi connectivity index (χ3v) is 4.48. The Hall–Kier alpha value is -2.50. The largest absolute Gasteiger partial charge is 0.493 e. The average Bonchev–Trinajstić information content (AvgIpc) is 2.59. The second-order valence-corrected chi connectivity index (χ2v) is 6.76. The van der Waals surface area contributed by atoms with Gasteiger partial charge in [0.1, 0.15) is 11.5 Å². The number of nitrogen functional groups attached to an aromatic ring is 1. The summed E-state index contributed by atoms with van der Waals surface area (Å²) < 4.78 is 11.4. The molecule has 0 aliphatic carbocycles. The fourth-order valence-corrected chi connectivity index (χ4v) is 3.21. The average molecular weight is 342 g/mol. The van der Waals surface area contributed by atoms with Crippen LogP contribution < -0.4 is 20.1 Å². The van der Waals surface area contributed by atoms with Crippen molar-refractivity contribution in [2.24, 2.45) is 5.92 Å². The first-order valence-corrected chi connectivity index (χ1v) is 8.69. The van der Waals surface area contributed by atoms with Crippen LogP contribution in [0.3, 0.4) is 0 Å². The molecule has 2 N–H and O–H groups in total. The number of methoxy groups -OCH3 is 1. The van der Waals surface area contributed by atoms with Crippen LogP contribution in [0.4, 0.5) is 11.5 Å². The Morgan fingerprint density at radius 2 is 2.00 bits per heavy atom. The van der Waals surface area contributed by atoms with E-state index in [2.05, 4.69) is 21.8 Å². The molecule has 134 valence electrons. The highest BCUT2D eigenvalue weighted by atomic mass is 16.5. The van der Waals surface area contributed by atoms with Gasteiger partial charge >= 0.3 is 0 Å². The summed E-state index contributed by atoms with van der Waals surface area (Å²) in [6.45, 7) is 8.03. The molecule has 0 amide bonds. The maximum absolute atomic E-state index is 6.37. The van der Waals surface area contributed by atoms with Crippen molar-refractivity contribution in [2.75, 3.05) is 30.8 Å². The normalized spacial score (nSPS) is 17.4. The van der Waals surface area contributed by atoms with Gasteiger partial charge in [-0.15, -0.1) is 0 Å². The number of benzene rings is 1. The highest BCUT2D eigenvalue weighted by molar-refractivity contribution is 5.69. The summed E-state index contributed by atoms with van der Waals surface area (Å²) in [7, 11) is 1.62. The zero-order valence-corrected chi connectivity index (χ0v) is 15.4. The second-order valence-electron chi connectivity index (χ2n) is 6.76. The van der Waals surface area contributed by atoms with Gasteiger partial charge in [-0.3, -0.25) is 0 Å². The fourth-order valence-electron chi connectivity index (χ4n) is 3.21. The number of anilines is 2. The van der Waals surface area contributed by atoms with E-state index >= 15 is 0 Å². The van der Waals surface area contributed by atoms with E-state index in [0.29, 0.717) is 34.8 Å². The zero-order valence-electron chi connectivity index (χ0n) is 15.4. The van der Waals surface area contributed by atoms with Gasteiger partial charge in [-0.05, 0) is 50.3 Å². The van der Waals surface area contributed by atoms with E-state index in [0.717, 1.165) is 30.9 Å². The molecule has 2 aromatic rings. The van der Waals surface area contributed by atoms with Crippen LogP contribution in [0, 0.1) is 19.8 Å². The van der Waals surface area contributed by atoms with E-state index in [1.165, 1.54) is 6.42 Å². The first-order chi connectivity index (χ1) is 12.0. The lowest BCUT2D eigenvalue weighted by Gasteiger charge is -2.32. The van der Waals surface area contributed by atoms with Crippen molar-refractivity contribution < 1.29 is 9.47 Å². The molecular formula is C19H26N4O2. The topological polar surface area (TPSA) is 73.5 Å². The number of nitrogens with two attached hydrogens (primary N) is 1. The molecule has 0 radical (unpaired) electrons. The van der Waals surface area contributed by atoms with E-state index in [-0.39, 0.29) is 0 Å². The molecule has 0 bridgehead atoms. The minimum atomic E-state index is 0.378. The number of hydrogen-bond donors (Lipinski definition) is 1. The number of hydrogen-bond acceptors (Lipinski definition) is 6. The van der Waals surface area contributed by atoms with Gasteiger partial charge in [0, 0.05) is 13.1 Å². The van der Waals surface area contributed by atoms with E-state index < -0.39 is 0 Å². The highest BCUT2D eigenvalue weighted by Crippen LogP contribution is 2.37. The molecule has 6 heteroatoms. The van der Waals surface area contributed by atoms with Gasteiger partial charge in [0.15, 0.2) is 17.3 Å². The predicted molar refractivity (Wildman–Crippen MR) is 99.6 cm³/mol.